The Hall–Kier alpha value is -1.62. The molecule has 1 aliphatic heterocycles. The number of piperidine rings is 1. The Labute approximate surface area is 179 Å². The van der Waals surface area contributed by atoms with Gasteiger partial charge in [0, 0.05) is 19.5 Å². The molecule has 1 aromatic carbocycles. The van der Waals surface area contributed by atoms with Crippen LogP contribution in [0.2, 0.25) is 0 Å². The van der Waals surface area contributed by atoms with Crippen LogP contribution in [0.5, 0.6) is 0 Å². The van der Waals surface area contributed by atoms with Crippen LogP contribution >= 0.6 is 12.2 Å². The Bertz CT molecular complexity index is 751. The maximum absolute atomic E-state index is 12.9. The topological polar surface area (TPSA) is 44.4 Å². The van der Waals surface area contributed by atoms with Crippen molar-refractivity contribution in [2.45, 2.75) is 64.2 Å². The number of thiocarbonyl (C=S) groups is 1. The van der Waals surface area contributed by atoms with Crippen LogP contribution in [0.4, 0.5) is 11.4 Å². The molecular weight excluding hydrogens is 378 g/mol. The van der Waals surface area contributed by atoms with Gasteiger partial charge in [-0.2, -0.15) is 0 Å². The van der Waals surface area contributed by atoms with Gasteiger partial charge in [-0.15, -0.1) is 0 Å². The Morgan fingerprint density at radius 3 is 2.28 bits per heavy atom. The van der Waals surface area contributed by atoms with E-state index in [-0.39, 0.29) is 11.3 Å². The van der Waals surface area contributed by atoms with E-state index in [1.165, 1.54) is 63.5 Å². The lowest BCUT2D eigenvalue weighted by molar-refractivity contribution is -0.127. The van der Waals surface area contributed by atoms with E-state index in [4.69, 9.17) is 12.2 Å². The van der Waals surface area contributed by atoms with Crippen molar-refractivity contribution in [2.75, 3.05) is 23.3 Å². The maximum atomic E-state index is 12.9. The summed E-state index contributed by atoms with van der Waals surface area (Å²) in [4.78, 5) is 15.3. The molecule has 4 nitrogen and oxygen atoms in total. The van der Waals surface area contributed by atoms with Crippen molar-refractivity contribution in [3.05, 3.63) is 24.3 Å². The Morgan fingerprint density at radius 1 is 1.00 bits per heavy atom. The van der Waals surface area contributed by atoms with Crippen molar-refractivity contribution in [2.24, 2.45) is 23.2 Å². The predicted molar refractivity (Wildman–Crippen MR) is 122 cm³/mol. The third kappa shape index (κ3) is 4.16. The van der Waals surface area contributed by atoms with Crippen LogP contribution in [-0.4, -0.2) is 24.1 Å². The molecule has 5 heteroatoms. The summed E-state index contributed by atoms with van der Waals surface area (Å²) in [6.07, 6.45) is 12.4. The number of para-hydroxylation sites is 2. The zero-order valence-corrected chi connectivity index (χ0v) is 18.1. The molecule has 1 aromatic rings. The van der Waals surface area contributed by atoms with E-state index < -0.39 is 0 Å². The molecule has 0 radical (unpaired) electrons. The summed E-state index contributed by atoms with van der Waals surface area (Å²) in [5.74, 6) is 2.71. The van der Waals surface area contributed by atoms with Gasteiger partial charge in [-0.25, -0.2) is 0 Å². The largest absolute Gasteiger partial charge is 0.370 e. The van der Waals surface area contributed by atoms with Crippen LogP contribution in [0, 0.1) is 23.2 Å². The second-order valence-corrected chi connectivity index (χ2v) is 10.6. The van der Waals surface area contributed by atoms with Crippen LogP contribution in [-0.2, 0) is 4.79 Å². The highest BCUT2D eigenvalue weighted by Crippen LogP contribution is 2.61. The van der Waals surface area contributed by atoms with Crippen LogP contribution in [0.15, 0.2) is 24.3 Å². The average molecular weight is 412 g/mol. The van der Waals surface area contributed by atoms with E-state index in [1.54, 1.807) is 0 Å². The van der Waals surface area contributed by atoms with Crippen LogP contribution in [0.1, 0.15) is 64.2 Å². The van der Waals surface area contributed by atoms with E-state index in [0.717, 1.165) is 36.5 Å². The van der Waals surface area contributed by atoms with Crippen molar-refractivity contribution in [1.29, 1.82) is 0 Å². The Kier molecular flexibility index (Phi) is 5.27. The van der Waals surface area contributed by atoms with E-state index >= 15 is 0 Å². The first-order valence-corrected chi connectivity index (χ1v) is 11.9. The zero-order chi connectivity index (χ0) is 19.8. The summed E-state index contributed by atoms with van der Waals surface area (Å²) in [5, 5.41) is 6.74. The number of carbonyl (C=O) groups is 1. The number of hydrogen-bond donors (Lipinski definition) is 2. The van der Waals surface area contributed by atoms with Crippen molar-refractivity contribution in [3.8, 4) is 0 Å². The first kappa shape index (κ1) is 19.3. The monoisotopic (exact) mass is 411 g/mol. The van der Waals surface area contributed by atoms with Gasteiger partial charge >= 0.3 is 0 Å². The zero-order valence-electron chi connectivity index (χ0n) is 17.3. The molecule has 4 saturated carbocycles. The van der Waals surface area contributed by atoms with Gasteiger partial charge in [-0.1, -0.05) is 12.1 Å². The van der Waals surface area contributed by atoms with Gasteiger partial charge in [0.2, 0.25) is 5.91 Å². The third-order valence-corrected chi connectivity index (χ3v) is 8.01. The van der Waals surface area contributed by atoms with E-state index in [9.17, 15) is 4.79 Å². The van der Waals surface area contributed by atoms with Gasteiger partial charge in [0.05, 0.1) is 11.4 Å². The molecule has 0 atom stereocenters. The smallest absolute Gasteiger partial charge is 0.226 e. The van der Waals surface area contributed by atoms with Crippen LogP contribution < -0.4 is 15.5 Å². The molecule has 0 aromatic heterocycles. The highest BCUT2D eigenvalue weighted by Gasteiger charge is 2.51. The summed E-state index contributed by atoms with van der Waals surface area (Å²) >= 11 is 5.52. The summed E-state index contributed by atoms with van der Waals surface area (Å²) in [6, 6.07) is 8.30. The fourth-order valence-electron chi connectivity index (χ4n) is 7.16. The van der Waals surface area contributed by atoms with E-state index in [2.05, 4.69) is 33.7 Å². The lowest BCUT2D eigenvalue weighted by Gasteiger charge is -2.56. The number of anilines is 2. The van der Waals surface area contributed by atoms with Crippen molar-refractivity contribution < 1.29 is 4.79 Å². The predicted octanol–water partition coefficient (Wildman–Crippen LogP) is 5.10. The molecule has 5 aliphatic rings. The molecule has 4 bridgehead atoms. The first-order valence-electron chi connectivity index (χ1n) is 11.5. The fourth-order valence-corrected chi connectivity index (χ4v) is 7.39. The SMILES string of the molecule is O=C(CC12CC3CC(CC(C3)C1)C2)NC(=S)Nc1ccccc1N1CCCCC1. The van der Waals surface area contributed by atoms with Gasteiger partial charge in [0.1, 0.15) is 0 Å². The number of rotatable bonds is 4. The van der Waals surface area contributed by atoms with Crippen LogP contribution in [0.3, 0.4) is 0 Å². The standard InChI is InChI=1S/C24H33N3OS/c28-22(16-24-13-17-10-18(14-24)12-19(11-17)15-24)26-23(29)25-20-6-2-3-7-21(20)27-8-4-1-5-9-27/h2-3,6-7,17-19H,1,4-5,8-16H2,(H2,25,26,28,29). The molecule has 4 aliphatic carbocycles. The molecular formula is C24H33N3OS. The van der Waals surface area contributed by atoms with E-state index in [1.807, 2.05) is 6.07 Å². The molecule has 1 amide bonds. The van der Waals surface area contributed by atoms with Gasteiger partial charge in [0.25, 0.3) is 0 Å². The molecule has 0 unspecified atom stereocenters. The van der Waals surface area contributed by atoms with Crippen LogP contribution in [0.25, 0.3) is 0 Å². The highest BCUT2D eigenvalue weighted by atomic mass is 32.1. The second kappa shape index (κ2) is 7.90. The van der Waals surface area contributed by atoms with Gasteiger partial charge in [-0.05, 0) is 105 Å². The van der Waals surface area contributed by atoms with Gasteiger partial charge in [-0.3, -0.25) is 4.79 Å². The molecule has 1 heterocycles. The van der Waals surface area contributed by atoms with Crippen molar-refractivity contribution in [3.63, 3.8) is 0 Å². The molecule has 1 saturated heterocycles. The number of nitrogens with zero attached hydrogens (tertiary/aromatic N) is 1. The normalized spacial score (nSPS) is 32.8. The quantitative estimate of drug-likeness (QED) is 0.677. The third-order valence-electron chi connectivity index (χ3n) is 7.80. The average Bonchev–Trinajstić information content (AvgIpc) is 2.67. The van der Waals surface area contributed by atoms with E-state index in [0.29, 0.717) is 11.5 Å². The van der Waals surface area contributed by atoms with Gasteiger partial charge < -0.3 is 15.5 Å². The summed E-state index contributed by atoms with van der Waals surface area (Å²) in [7, 11) is 0. The molecule has 5 fully saturated rings. The number of carbonyl (C=O) groups excluding carboxylic acids is 1. The number of amides is 1. The molecule has 29 heavy (non-hydrogen) atoms. The van der Waals surface area contributed by atoms with Crippen molar-refractivity contribution >= 4 is 34.6 Å². The minimum atomic E-state index is 0.0971. The molecule has 0 spiro atoms. The maximum Gasteiger partial charge on any atom is 0.226 e. The minimum absolute atomic E-state index is 0.0971. The fraction of sp³-hybridized carbons (Fsp3) is 0.667. The number of nitrogens with one attached hydrogen (secondary N) is 2. The Balaban J connectivity index is 1.20. The minimum Gasteiger partial charge on any atom is -0.370 e. The highest BCUT2D eigenvalue weighted by molar-refractivity contribution is 7.80. The second-order valence-electron chi connectivity index (χ2n) is 10.2. The number of hydrogen-bond acceptors (Lipinski definition) is 3. The summed E-state index contributed by atoms with van der Waals surface area (Å²) in [5.41, 5.74) is 2.43. The number of benzene rings is 1. The van der Waals surface area contributed by atoms with Crippen molar-refractivity contribution in [1.82, 2.24) is 5.32 Å². The molecule has 2 N–H and O–H groups in total. The summed E-state index contributed by atoms with van der Waals surface area (Å²) < 4.78 is 0. The summed E-state index contributed by atoms with van der Waals surface area (Å²) in [6.45, 7) is 2.17. The molecule has 6 rings (SSSR count). The Morgan fingerprint density at radius 2 is 1.62 bits per heavy atom. The first-order chi connectivity index (χ1) is 14.1. The van der Waals surface area contributed by atoms with Gasteiger partial charge in [0.15, 0.2) is 5.11 Å². The lowest BCUT2D eigenvalue weighted by Crippen LogP contribution is -2.48. The molecule has 156 valence electrons. The lowest BCUT2D eigenvalue weighted by atomic mass is 9.49.